The van der Waals surface area contributed by atoms with Crippen molar-refractivity contribution in [3.05, 3.63) is 30.1 Å². The summed E-state index contributed by atoms with van der Waals surface area (Å²) in [5, 5.41) is 3.45. The molecule has 5 heteroatoms. The Labute approximate surface area is 110 Å². The molecule has 0 radical (unpaired) electrons. The fraction of sp³-hybridized carbons (Fsp3) is 0.500. The molecular weight excluding hydrogens is 248 g/mol. The summed E-state index contributed by atoms with van der Waals surface area (Å²) in [5.41, 5.74) is 0.397. The van der Waals surface area contributed by atoms with E-state index >= 15 is 0 Å². The first-order valence-electron chi connectivity index (χ1n) is 6.77. The van der Waals surface area contributed by atoms with Crippen LogP contribution >= 0.6 is 0 Å². The van der Waals surface area contributed by atoms with Crippen LogP contribution in [0.1, 0.15) is 44.2 Å². The van der Waals surface area contributed by atoms with Crippen LogP contribution in [0.3, 0.4) is 0 Å². The molecule has 2 heterocycles. The minimum atomic E-state index is -2.53. The first-order chi connectivity index (χ1) is 9.24. The van der Waals surface area contributed by atoms with Gasteiger partial charge in [-0.3, -0.25) is 4.40 Å². The Balaban J connectivity index is 1.89. The third-order valence-electron chi connectivity index (χ3n) is 3.69. The quantitative estimate of drug-likeness (QED) is 0.908. The number of nitrogens with zero attached hydrogens (tertiary/aromatic N) is 2. The molecule has 0 saturated heterocycles. The second-order valence-electron chi connectivity index (χ2n) is 5.08. The van der Waals surface area contributed by atoms with Crippen LogP contribution < -0.4 is 5.32 Å². The van der Waals surface area contributed by atoms with Crippen molar-refractivity contribution in [2.75, 3.05) is 5.32 Å². The van der Waals surface area contributed by atoms with Gasteiger partial charge < -0.3 is 5.32 Å². The van der Waals surface area contributed by atoms with Crippen molar-refractivity contribution in [1.82, 2.24) is 9.38 Å². The number of pyridine rings is 1. The zero-order valence-electron chi connectivity index (χ0n) is 10.6. The van der Waals surface area contributed by atoms with Crippen LogP contribution in [-0.4, -0.2) is 15.4 Å². The monoisotopic (exact) mass is 265 g/mol. The van der Waals surface area contributed by atoms with Crippen molar-refractivity contribution >= 4 is 11.5 Å². The van der Waals surface area contributed by atoms with Crippen LogP contribution in [0.15, 0.2) is 24.4 Å². The molecule has 102 valence electrons. The Morgan fingerprint density at radius 2 is 2.00 bits per heavy atom. The van der Waals surface area contributed by atoms with E-state index in [0.29, 0.717) is 11.7 Å². The van der Waals surface area contributed by atoms with E-state index in [0.717, 1.165) is 18.7 Å². The normalized spacial score (nSPS) is 17.2. The number of nitrogens with one attached hydrogen (secondary N) is 1. The third kappa shape index (κ3) is 2.55. The number of fused-ring (bicyclic) bond motifs is 1. The molecule has 0 bridgehead atoms. The Kier molecular flexibility index (Phi) is 3.36. The van der Waals surface area contributed by atoms with Crippen LogP contribution in [0.25, 0.3) is 5.65 Å². The lowest BCUT2D eigenvalue weighted by atomic mass is 9.95. The number of aromatic nitrogens is 2. The smallest absolute Gasteiger partial charge is 0.281 e. The topological polar surface area (TPSA) is 29.3 Å². The number of alkyl halides is 2. The maximum absolute atomic E-state index is 12.7. The van der Waals surface area contributed by atoms with E-state index in [1.165, 1.54) is 25.5 Å². The Morgan fingerprint density at radius 3 is 2.74 bits per heavy atom. The highest BCUT2D eigenvalue weighted by molar-refractivity contribution is 5.51. The van der Waals surface area contributed by atoms with Crippen molar-refractivity contribution in [1.29, 1.82) is 0 Å². The lowest BCUT2D eigenvalue weighted by Crippen LogP contribution is -2.23. The highest BCUT2D eigenvalue weighted by Crippen LogP contribution is 2.24. The van der Waals surface area contributed by atoms with Gasteiger partial charge >= 0.3 is 0 Å². The van der Waals surface area contributed by atoms with E-state index in [1.54, 1.807) is 10.5 Å². The van der Waals surface area contributed by atoms with Crippen LogP contribution in [0.4, 0.5) is 14.6 Å². The summed E-state index contributed by atoms with van der Waals surface area (Å²) < 4.78 is 27.1. The first kappa shape index (κ1) is 12.4. The third-order valence-corrected chi connectivity index (χ3v) is 3.69. The minimum absolute atomic E-state index is 0.169. The van der Waals surface area contributed by atoms with Gasteiger partial charge in [0.1, 0.15) is 17.2 Å². The summed E-state index contributed by atoms with van der Waals surface area (Å²) >= 11 is 0. The lowest BCUT2D eigenvalue weighted by molar-refractivity contribution is 0.147. The van der Waals surface area contributed by atoms with Gasteiger partial charge in [-0.25, -0.2) is 13.8 Å². The van der Waals surface area contributed by atoms with Crippen LogP contribution in [0.2, 0.25) is 0 Å². The SMILES string of the molecule is FC(F)c1cn2c(NC3CCCCC3)cccc2n1. The molecule has 0 aliphatic heterocycles. The molecule has 0 aromatic carbocycles. The average Bonchev–Trinajstić information content (AvgIpc) is 2.85. The molecule has 1 N–H and O–H groups in total. The molecule has 1 saturated carbocycles. The van der Waals surface area contributed by atoms with Gasteiger partial charge in [-0.05, 0) is 25.0 Å². The Morgan fingerprint density at radius 1 is 1.21 bits per heavy atom. The van der Waals surface area contributed by atoms with Crippen LogP contribution in [-0.2, 0) is 0 Å². The van der Waals surface area contributed by atoms with Crippen molar-refractivity contribution in [3.8, 4) is 0 Å². The molecular formula is C14H17F2N3. The summed E-state index contributed by atoms with van der Waals surface area (Å²) in [4.78, 5) is 3.94. The average molecular weight is 265 g/mol. The van der Waals surface area contributed by atoms with Crippen molar-refractivity contribution in [2.24, 2.45) is 0 Å². The van der Waals surface area contributed by atoms with Gasteiger partial charge in [0.2, 0.25) is 0 Å². The summed E-state index contributed by atoms with van der Waals surface area (Å²) in [6, 6.07) is 5.95. The fourth-order valence-corrected chi connectivity index (χ4v) is 2.71. The second kappa shape index (κ2) is 5.15. The van der Waals surface area contributed by atoms with Gasteiger partial charge in [0.05, 0.1) is 0 Å². The molecule has 0 unspecified atom stereocenters. The number of hydrogen-bond donors (Lipinski definition) is 1. The van der Waals surface area contributed by atoms with E-state index in [4.69, 9.17) is 0 Å². The number of imidazole rings is 1. The van der Waals surface area contributed by atoms with Gasteiger partial charge in [-0.2, -0.15) is 0 Å². The van der Waals surface area contributed by atoms with E-state index in [2.05, 4.69) is 10.3 Å². The van der Waals surface area contributed by atoms with E-state index < -0.39 is 6.43 Å². The van der Waals surface area contributed by atoms with E-state index in [9.17, 15) is 8.78 Å². The fourth-order valence-electron chi connectivity index (χ4n) is 2.71. The number of anilines is 1. The number of rotatable bonds is 3. The summed E-state index contributed by atoms with van der Waals surface area (Å²) in [6.45, 7) is 0. The van der Waals surface area contributed by atoms with Gasteiger partial charge in [-0.15, -0.1) is 0 Å². The predicted molar refractivity (Wildman–Crippen MR) is 70.6 cm³/mol. The molecule has 1 aliphatic rings. The lowest BCUT2D eigenvalue weighted by Gasteiger charge is -2.24. The van der Waals surface area contributed by atoms with Gasteiger partial charge in [0.25, 0.3) is 6.43 Å². The van der Waals surface area contributed by atoms with Gasteiger partial charge in [0, 0.05) is 12.2 Å². The molecule has 19 heavy (non-hydrogen) atoms. The molecule has 3 rings (SSSR count). The van der Waals surface area contributed by atoms with Crippen molar-refractivity contribution in [3.63, 3.8) is 0 Å². The summed E-state index contributed by atoms with van der Waals surface area (Å²) in [7, 11) is 0. The standard InChI is InChI=1S/C14H17F2N3/c15-14(16)11-9-19-12(7-4-8-13(19)18-11)17-10-5-2-1-3-6-10/h4,7-10,14,17H,1-3,5-6H2. The zero-order chi connectivity index (χ0) is 13.2. The van der Waals surface area contributed by atoms with Crippen molar-refractivity contribution < 1.29 is 8.78 Å². The maximum Gasteiger partial charge on any atom is 0.281 e. The van der Waals surface area contributed by atoms with Gasteiger partial charge in [0.15, 0.2) is 0 Å². The second-order valence-corrected chi connectivity index (χ2v) is 5.08. The molecule has 0 atom stereocenters. The molecule has 2 aromatic rings. The van der Waals surface area contributed by atoms with E-state index in [-0.39, 0.29) is 5.69 Å². The molecule has 2 aromatic heterocycles. The molecule has 0 amide bonds. The summed E-state index contributed by atoms with van der Waals surface area (Å²) in [5.74, 6) is 0.851. The number of halogens is 2. The van der Waals surface area contributed by atoms with Crippen molar-refractivity contribution in [2.45, 2.75) is 44.6 Å². The minimum Gasteiger partial charge on any atom is -0.368 e. The maximum atomic E-state index is 12.7. The Hall–Kier alpha value is -1.65. The number of hydrogen-bond acceptors (Lipinski definition) is 2. The highest BCUT2D eigenvalue weighted by atomic mass is 19.3. The van der Waals surface area contributed by atoms with Gasteiger partial charge in [-0.1, -0.05) is 25.3 Å². The highest BCUT2D eigenvalue weighted by Gasteiger charge is 2.16. The molecule has 0 spiro atoms. The molecule has 3 nitrogen and oxygen atoms in total. The van der Waals surface area contributed by atoms with Crippen LogP contribution in [0.5, 0.6) is 0 Å². The van der Waals surface area contributed by atoms with E-state index in [1.807, 2.05) is 12.1 Å². The molecule has 1 fully saturated rings. The predicted octanol–water partition coefficient (Wildman–Crippen LogP) is 4.02. The largest absolute Gasteiger partial charge is 0.368 e. The zero-order valence-corrected chi connectivity index (χ0v) is 10.6. The Bertz CT molecular complexity index is 559. The molecule has 1 aliphatic carbocycles. The van der Waals surface area contributed by atoms with Crippen LogP contribution in [0, 0.1) is 0 Å². The first-order valence-corrected chi connectivity index (χ1v) is 6.77. The summed E-state index contributed by atoms with van der Waals surface area (Å²) in [6.07, 6.45) is 4.95.